The second kappa shape index (κ2) is 7.50. The van der Waals surface area contributed by atoms with Crippen LogP contribution in [-0.2, 0) is 5.75 Å². The second-order valence-electron chi connectivity index (χ2n) is 6.18. The molecule has 0 aliphatic heterocycles. The summed E-state index contributed by atoms with van der Waals surface area (Å²) in [6.07, 6.45) is 0. The van der Waals surface area contributed by atoms with Gasteiger partial charge in [-0.25, -0.2) is 9.47 Å². The smallest absolute Gasteiger partial charge is 0.336 e. The molecule has 0 unspecified atom stereocenters. The molecule has 28 heavy (non-hydrogen) atoms. The number of aromatic nitrogens is 3. The van der Waals surface area contributed by atoms with E-state index in [0.717, 1.165) is 16.5 Å². The highest BCUT2D eigenvalue weighted by Gasteiger charge is 2.16. The molecule has 0 bridgehead atoms. The van der Waals surface area contributed by atoms with Crippen molar-refractivity contribution in [3.05, 3.63) is 74.1 Å². The Hall–Kier alpha value is -2.48. The maximum absolute atomic E-state index is 11.9. The largest absolute Gasteiger partial charge is 0.423 e. The molecule has 0 atom stereocenters. The van der Waals surface area contributed by atoms with Crippen LogP contribution in [0.4, 0.5) is 0 Å². The SMILES string of the molecule is Cc1ccc2c(CSc3nnc(-c4cc(Cl)ccc4Cl)n3N)cc(=O)oc2c1. The van der Waals surface area contributed by atoms with Gasteiger partial charge >= 0.3 is 5.63 Å². The van der Waals surface area contributed by atoms with Crippen molar-refractivity contribution in [1.82, 2.24) is 14.9 Å². The second-order valence-corrected chi connectivity index (χ2v) is 7.97. The van der Waals surface area contributed by atoms with Crippen LogP contribution in [0.2, 0.25) is 10.0 Å². The minimum absolute atomic E-state index is 0.394. The molecule has 0 aliphatic rings. The van der Waals surface area contributed by atoms with Crippen LogP contribution >= 0.6 is 35.0 Å². The molecule has 0 saturated heterocycles. The van der Waals surface area contributed by atoms with Crippen LogP contribution in [0.1, 0.15) is 11.1 Å². The average molecular weight is 433 g/mol. The first-order chi connectivity index (χ1) is 13.4. The van der Waals surface area contributed by atoms with Crippen LogP contribution in [0, 0.1) is 6.92 Å². The summed E-state index contributed by atoms with van der Waals surface area (Å²) in [4.78, 5) is 11.9. The van der Waals surface area contributed by atoms with Crippen LogP contribution in [0.15, 0.2) is 56.8 Å². The van der Waals surface area contributed by atoms with Crippen molar-refractivity contribution in [3.8, 4) is 11.4 Å². The average Bonchev–Trinajstić information content (AvgIpc) is 3.01. The molecular weight excluding hydrogens is 419 g/mol. The summed E-state index contributed by atoms with van der Waals surface area (Å²) >= 11 is 13.6. The number of nitrogens with two attached hydrogens (primary N) is 1. The fourth-order valence-electron chi connectivity index (χ4n) is 2.83. The van der Waals surface area contributed by atoms with Crippen molar-refractivity contribution >= 4 is 45.9 Å². The number of nitrogen functional groups attached to an aromatic ring is 1. The summed E-state index contributed by atoms with van der Waals surface area (Å²) in [6, 6.07) is 12.3. The molecule has 4 rings (SSSR count). The number of hydrogen-bond acceptors (Lipinski definition) is 6. The van der Waals surface area contributed by atoms with E-state index in [9.17, 15) is 4.79 Å². The Kier molecular flexibility index (Phi) is 5.05. The normalized spacial score (nSPS) is 11.2. The minimum Gasteiger partial charge on any atom is -0.423 e. The molecule has 4 aromatic rings. The first kappa shape index (κ1) is 18.9. The van der Waals surface area contributed by atoms with E-state index in [0.29, 0.717) is 37.9 Å². The first-order valence-electron chi connectivity index (χ1n) is 8.24. The highest BCUT2D eigenvalue weighted by atomic mass is 35.5. The number of aryl methyl sites for hydroxylation is 1. The van der Waals surface area contributed by atoms with E-state index in [1.165, 1.54) is 22.5 Å². The molecule has 9 heteroatoms. The zero-order chi connectivity index (χ0) is 19.8. The van der Waals surface area contributed by atoms with Gasteiger partial charge in [0.15, 0.2) is 5.82 Å². The molecule has 0 saturated carbocycles. The number of thioether (sulfide) groups is 1. The summed E-state index contributed by atoms with van der Waals surface area (Å²) in [7, 11) is 0. The Morgan fingerprint density at radius 3 is 2.79 bits per heavy atom. The molecular formula is C19H14Cl2N4O2S. The van der Waals surface area contributed by atoms with E-state index in [2.05, 4.69) is 10.2 Å². The minimum atomic E-state index is -0.394. The first-order valence-corrected chi connectivity index (χ1v) is 9.98. The zero-order valence-electron chi connectivity index (χ0n) is 14.6. The van der Waals surface area contributed by atoms with Crippen molar-refractivity contribution in [2.45, 2.75) is 17.8 Å². The maximum atomic E-state index is 11.9. The molecule has 0 fully saturated rings. The summed E-state index contributed by atoms with van der Waals surface area (Å²) < 4.78 is 6.66. The van der Waals surface area contributed by atoms with Crippen molar-refractivity contribution in [2.24, 2.45) is 0 Å². The van der Waals surface area contributed by atoms with E-state index in [-0.39, 0.29) is 0 Å². The number of benzene rings is 2. The van der Waals surface area contributed by atoms with Crippen LogP contribution in [0.3, 0.4) is 0 Å². The predicted molar refractivity (Wildman–Crippen MR) is 112 cm³/mol. The number of hydrogen-bond donors (Lipinski definition) is 1. The fourth-order valence-corrected chi connectivity index (χ4v) is 4.05. The molecule has 2 heterocycles. The zero-order valence-corrected chi connectivity index (χ0v) is 17.0. The van der Waals surface area contributed by atoms with Gasteiger partial charge in [0.2, 0.25) is 5.16 Å². The van der Waals surface area contributed by atoms with Crippen LogP contribution in [0.25, 0.3) is 22.4 Å². The third-order valence-corrected chi connectivity index (χ3v) is 5.73. The molecule has 0 aliphatic carbocycles. The summed E-state index contributed by atoms with van der Waals surface area (Å²) in [5.41, 5.74) is 2.61. The van der Waals surface area contributed by atoms with Gasteiger partial charge < -0.3 is 10.3 Å². The molecule has 0 radical (unpaired) electrons. The lowest BCUT2D eigenvalue weighted by molar-refractivity contribution is 0.559. The van der Waals surface area contributed by atoms with Gasteiger partial charge in [-0.3, -0.25) is 0 Å². The number of halogens is 2. The van der Waals surface area contributed by atoms with Crippen LogP contribution in [0.5, 0.6) is 0 Å². The van der Waals surface area contributed by atoms with Gasteiger partial charge in [0, 0.05) is 27.8 Å². The summed E-state index contributed by atoms with van der Waals surface area (Å²) in [5, 5.41) is 10.6. The third kappa shape index (κ3) is 3.61. The van der Waals surface area contributed by atoms with Gasteiger partial charge in [-0.1, -0.05) is 47.1 Å². The van der Waals surface area contributed by atoms with Crippen molar-refractivity contribution in [3.63, 3.8) is 0 Å². The molecule has 2 aromatic heterocycles. The Morgan fingerprint density at radius 1 is 1.14 bits per heavy atom. The van der Waals surface area contributed by atoms with Gasteiger partial charge in [0.25, 0.3) is 0 Å². The molecule has 0 amide bonds. The van der Waals surface area contributed by atoms with Crippen LogP contribution < -0.4 is 11.5 Å². The molecule has 2 aromatic carbocycles. The predicted octanol–water partition coefficient (Wildman–Crippen LogP) is 4.67. The number of fused-ring (bicyclic) bond motifs is 1. The number of nitrogens with zero attached hydrogens (tertiary/aromatic N) is 3. The lowest BCUT2D eigenvalue weighted by Crippen LogP contribution is -2.12. The maximum Gasteiger partial charge on any atom is 0.336 e. The van der Waals surface area contributed by atoms with Crippen molar-refractivity contribution < 1.29 is 4.42 Å². The molecule has 0 spiro atoms. The van der Waals surface area contributed by atoms with E-state index in [1.807, 2.05) is 25.1 Å². The van der Waals surface area contributed by atoms with Gasteiger partial charge in [-0.2, -0.15) is 0 Å². The van der Waals surface area contributed by atoms with Gasteiger partial charge in [-0.05, 0) is 42.3 Å². The van der Waals surface area contributed by atoms with Gasteiger partial charge in [-0.15, -0.1) is 10.2 Å². The topological polar surface area (TPSA) is 86.9 Å². The molecule has 6 nitrogen and oxygen atoms in total. The number of rotatable bonds is 4. The van der Waals surface area contributed by atoms with E-state index < -0.39 is 5.63 Å². The monoisotopic (exact) mass is 432 g/mol. The van der Waals surface area contributed by atoms with Crippen molar-refractivity contribution in [1.29, 1.82) is 0 Å². The standard InChI is InChI=1S/C19H14Cl2N4O2S/c1-10-2-4-13-11(7-17(26)27-16(13)6-10)9-28-19-24-23-18(25(19)22)14-8-12(20)3-5-15(14)21/h2-8H,9,22H2,1H3. The highest BCUT2D eigenvalue weighted by molar-refractivity contribution is 7.98. The Labute approximate surface area is 174 Å². The fraction of sp³-hybridized carbons (Fsp3) is 0.105. The highest BCUT2D eigenvalue weighted by Crippen LogP contribution is 2.31. The van der Waals surface area contributed by atoms with Gasteiger partial charge in [0.05, 0.1) is 5.02 Å². The quantitative estimate of drug-likeness (QED) is 0.286. The van der Waals surface area contributed by atoms with E-state index in [1.54, 1.807) is 18.2 Å². The Bertz CT molecular complexity index is 1250. The molecule has 2 N–H and O–H groups in total. The molecule has 142 valence electrons. The van der Waals surface area contributed by atoms with Crippen molar-refractivity contribution in [2.75, 3.05) is 5.84 Å². The lowest BCUT2D eigenvalue weighted by Gasteiger charge is -2.07. The summed E-state index contributed by atoms with van der Waals surface area (Å²) in [5.74, 6) is 7.05. The Morgan fingerprint density at radius 2 is 1.96 bits per heavy atom. The summed E-state index contributed by atoms with van der Waals surface area (Å²) in [6.45, 7) is 1.94. The van der Waals surface area contributed by atoms with Gasteiger partial charge in [0.1, 0.15) is 5.58 Å². The van der Waals surface area contributed by atoms with E-state index in [4.69, 9.17) is 33.5 Å². The van der Waals surface area contributed by atoms with E-state index >= 15 is 0 Å². The third-order valence-electron chi connectivity index (χ3n) is 4.18. The lowest BCUT2D eigenvalue weighted by atomic mass is 10.1. The Balaban J connectivity index is 1.65. The van der Waals surface area contributed by atoms with Crippen LogP contribution in [-0.4, -0.2) is 14.9 Å².